The second kappa shape index (κ2) is 2.44. The van der Waals surface area contributed by atoms with E-state index in [1.807, 2.05) is 12.1 Å². The molecule has 1 aliphatic carbocycles. The van der Waals surface area contributed by atoms with Crippen molar-refractivity contribution in [1.29, 1.82) is 0 Å². The first kappa shape index (κ1) is 7.54. The largest absolute Gasteiger partial charge is 0.359 e. The number of aromatic nitrogens is 2. The molecule has 2 aromatic heterocycles. The minimum absolute atomic E-state index is 0.213. The van der Waals surface area contributed by atoms with E-state index in [-0.39, 0.29) is 12.2 Å². The zero-order valence-electron chi connectivity index (χ0n) is 7.92. The predicted octanol–water partition coefficient (Wildman–Crippen LogP) is 2.27. The van der Waals surface area contributed by atoms with Crippen LogP contribution in [-0.2, 0) is 4.74 Å². The molecule has 1 saturated heterocycles. The second-order valence-corrected chi connectivity index (χ2v) is 3.86. The van der Waals surface area contributed by atoms with Crippen molar-refractivity contribution in [2.75, 3.05) is 0 Å². The Bertz CT molecular complexity index is 503. The van der Waals surface area contributed by atoms with Gasteiger partial charge in [0.15, 0.2) is 0 Å². The van der Waals surface area contributed by atoms with E-state index in [0.717, 1.165) is 11.4 Å². The summed E-state index contributed by atoms with van der Waals surface area (Å²) in [6.07, 6.45) is 4.04. The van der Waals surface area contributed by atoms with E-state index in [2.05, 4.69) is 22.1 Å². The summed E-state index contributed by atoms with van der Waals surface area (Å²) >= 11 is 0. The van der Waals surface area contributed by atoms with Crippen molar-refractivity contribution >= 4 is 0 Å². The molecule has 0 radical (unpaired) electrons. The van der Waals surface area contributed by atoms with Crippen LogP contribution in [0.3, 0.4) is 0 Å². The molecule has 0 saturated carbocycles. The second-order valence-electron chi connectivity index (χ2n) is 3.86. The zero-order chi connectivity index (χ0) is 9.83. The van der Waals surface area contributed by atoms with Gasteiger partial charge in [-0.25, -0.2) is 0 Å². The lowest BCUT2D eigenvalue weighted by molar-refractivity contribution is 0.380. The molecule has 3 heteroatoms. The van der Waals surface area contributed by atoms with E-state index in [4.69, 9.17) is 4.74 Å². The van der Waals surface area contributed by atoms with Crippen molar-refractivity contribution in [2.45, 2.75) is 12.2 Å². The van der Waals surface area contributed by atoms with E-state index in [0.29, 0.717) is 0 Å². The molecule has 0 spiro atoms. The molecule has 2 atom stereocenters. The Morgan fingerprint density at radius 3 is 1.93 bits per heavy atom. The molecule has 0 N–H and O–H groups in total. The van der Waals surface area contributed by atoms with E-state index in [9.17, 15) is 0 Å². The molecule has 1 aliphatic heterocycles. The molecule has 0 bridgehead atoms. The summed E-state index contributed by atoms with van der Waals surface area (Å²) in [6.45, 7) is 0. The molecule has 1 fully saturated rings. The van der Waals surface area contributed by atoms with Crippen LogP contribution in [0.1, 0.15) is 23.3 Å². The van der Waals surface area contributed by atoms with Crippen LogP contribution in [0.4, 0.5) is 0 Å². The molecule has 3 nitrogen and oxygen atoms in total. The number of ether oxygens (including phenoxy) is 1. The highest BCUT2D eigenvalue weighted by Crippen LogP contribution is 2.57. The van der Waals surface area contributed by atoms with Gasteiger partial charge in [0.05, 0.1) is 11.4 Å². The maximum atomic E-state index is 5.65. The standard InChI is InChI=1S/C12H8N2O/c1-3-7-9(13-5-1)10-8(4-2-6-14-10)12-11(7)15-12/h1-6,11-12H. The van der Waals surface area contributed by atoms with Crippen molar-refractivity contribution in [1.82, 2.24) is 9.97 Å². The third kappa shape index (κ3) is 0.882. The van der Waals surface area contributed by atoms with Crippen LogP contribution in [0.15, 0.2) is 36.7 Å². The Kier molecular flexibility index (Phi) is 1.22. The SMILES string of the molecule is c1cnc2c(c1)C1OC1c1cccnc1-2. The van der Waals surface area contributed by atoms with Crippen LogP contribution in [0.2, 0.25) is 0 Å². The van der Waals surface area contributed by atoms with Gasteiger partial charge in [-0.05, 0) is 12.1 Å². The molecule has 3 heterocycles. The molecule has 4 rings (SSSR count). The van der Waals surface area contributed by atoms with Gasteiger partial charge in [0.1, 0.15) is 12.2 Å². The third-order valence-electron chi connectivity index (χ3n) is 3.01. The number of hydrogen-bond acceptors (Lipinski definition) is 3. The van der Waals surface area contributed by atoms with Gasteiger partial charge in [0.25, 0.3) is 0 Å². The fourth-order valence-corrected chi connectivity index (χ4v) is 2.28. The van der Waals surface area contributed by atoms with E-state index < -0.39 is 0 Å². The van der Waals surface area contributed by atoms with Gasteiger partial charge in [-0.3, -0.25) is 9.97 Å². The summed E-state index contributed by atoms with van der Waals surface area (Å²) in [6, 6.07) is 8.05. The number of epoxide rings is 1. The molecule has 2 aliphatic rings. The van der Waals surface area contributed by atoms with Gasteiger partial charge in [-0.15, -0.1) is 0 Å². The van der Waals surface area contributed by atoms with Gasteiger partial charge in [-0.2, -0.15) is 0 Å². The summed E-state index contributed by atoms with van der Waals surface area (Å²) in [5.41, 5.74) is 4.31. The predicted molar refractivity (Wildman–Crippen MR) is 54.0 cm³/mol. The van der Waals surface area contributed by atoms with Gasteiger partial charge in [-0.1, -0.05) is 12.1 Å². The smallest absolute Gasteiger partial charge is 0.116 e. The average Bonchev–Trinajstić information content (AvgIpc) is 3.10. The lowest BCUT2D eigenvalue weighted by atomic mass is 9.93. The summed E-state index contributed by atoms with van der Waals surface area (Å²) in [5.74, 6) is 0. The van der Waals surface area contributed by atoms with Gasteiger partial charge in [0, 0.05) is 23.5 Å². The van der Waals surface area contributed by atoms with Crippen molar-refractivity contribution in [2.24, 2.45) is 0 Å². The molecule has 72 valence electrons. The monoisotopic (exact) mass is 196 g/mol. The Labute approximate surface area is 86.8 Å². The maximum absolute atomic E-state index is 5.65. The van der Waals surface area contributed by atoms with Crippen LogP contribution < -0.4 is 0 Å². The summed E-state index contributed by atoms with van der Waals surface area (Å²) in [4.78, 5) is 8.79. The lowest BCUT2D eigenvalue weighted by Gasteiger charge is -2.13. The summed E-state index contributed by atoms with van der Waals surface area (Å²) in [5, 5.41) is 0. The molecular formula is C12H8N2O. The highest BCUT2D eigenvalue weighted by atomic mass is 16.6. The average molecular weight is 196 g/mol. The quantitative estimate of drug-likeness (QED) is 0.606. The summed E-state index contributed by atoms with van der Waals surface area (Å²) in [7, 11) is 0. The number of pyridine rings is 2. The Hall–Kier alpha value is -1.74. The van der Waals surface area contributed by atoms with E-state index >= 15 is 0 Å². The molecule has 0 aromatic carbocycles. The van der Waals surface area contributed by atoms with Crippen molar-refractivity contribution in [3.05, 3.63) is 47.8 Å². The number of nitrogens with zero attached hydrogens (tertiary/aromatic N) is 2. The first-order valence-corrected chi connectivity index (χ1v) is 5.01. The van der Waals surface area contributed by atoms with Crippen LogP contribution in [0, 0.1) is 0 Å². The van der Waals surface area contributed by atoms with Crippen LogP contribution >= 0.6 is 0 Å². The minimum atomic E-state index is 0.213. The first-order chi connectivity index (χ1) is 7.45. The molecule has 2 unspecified atom stereocenters. The summed E-state index contributed by atoms with van der Waals surface area (Å²) < 4.78 is 5.65. The van der Waals surface area contributed by atoms with Crippen molar-refractivity contribution in [3.63, 3.8) is 0 Å². The Morgan fingerprint density at radius 2 is 1.40 bits per heavy atom. The molecule has 2 aromatic rings. The fourth-order valence-electron chi connectivity index (χ4n) is 2.28. The normalized spacial score (nSPS) is 25.1. The van der Waals surface area contributed by atoms with Crippen LogP contribution in [0.5, 0.6) is 0 Å². The molecule has 0 amide bonds. The fraction of sp³-hybridized carbons (Fsp3) is 0.167. The topological polar surface area (TPSA) is 38.3 Å². The number of hydrogen-bond donors (Lipinski definition) is 0. The maximum Gasteiger partial charge on any atom is 0.116 e. The highest BCUT2D eigenvalue weighted by molar-refractivity contribution is 5.68. The van der Waals surface area contributed by atoms with E-state index in [1.165, 1.54) is 11.1 Å². The Balaban J connectivity index is 2.09. The highest BCUT2D eigenvalue weighted by Gasteiger charge is 2.48. The number of rotatable bonds is 0. The first-order valence-electron chi connectivity index (χ1n) is 5.01. The number of fused-ring (bicyclic) bond motifs is 6. The van der Waals surface area contributed by atoms with Gasteiger partial charge < -0.3 is 4.74 Å². The Morgan fingerprint density at radius 1 is 0.867 bits per heavy atom. The van der Waals surface area contributed by atoms with Crippen LogP contribution in [-0.4, -0.2) is 9.97 Å². The van der Waals surface area contributed by atoms with Gasteiger partial charge >= 0.3 is 0 Å². The molecular weight excluding hydrogens is 188 g/mol. The van der Waals surface area contributed by atoms with Crippen molar-refractivity contribution < 1.29 is 4.74 Å². The van der Waals surface area contributed by atoms with Crippen LogP contribution in [0.25, 0.3) is 11.4 Å². The third-order valence-corrected chi connectivity index (χ3v) is 3.01. The zero-order valence-corrected chi connectivity index (χ0v) is 7.92. The van der Waals surface area contributed by atoms with E-state index in [1.54, 1.807) is 12.4 Å². The van der Waals surface area contributed by atoms with Crippen molar-refractivity contribution in [3.8, 4) is 11.4 Å². The molecule has 15 heavy (non-hydrogen) atoms. The minimum Gasteiger partial charge on any atom is -0.359 e. The lowest BCUT2D eigenvalue weighted by Crippen LogP contribution is -2.02. The van der Waals surface area contributed by atoms with Gasteiger partial charge in [0.2, 0.25) is 0 Å².